The first-order valence-corrected chi connectivity index (χ1v) is 20.4. The van der Waals surface area contributed by atoms with Crippen molar-refractivity contribution >= 4 is 54.4 Å². The van der Waals surface area contributed by atoms with Crippen LogP contribution in [-0.4, -0.2) is 19.1 Å². The molecule has 4 nitrogen and oxygen atoms in total. The molecule has 0 spiro atoms. The standard InChI is InChI=1S/C56H36N4/c1-4-15-37(16-5-1)40-19-14-20-41(33-40)49-36-50(58-56(57-49)39-17-6-2-7-18-39)42-28-27-38-29-30-45(35-43(38)34-42)59-52-26-13-11-24-48(52)54-53(59)32-31-47-46-23-10-12-25-51(46)60(55(47)54)44-21-8-3-9-22-44/h1-36H. The van der Waals surface area contributed by atoms with Crippen LogP contribution in [0.2, 0.25) is 0 Å². The van der Waals surface area contributed by atoms with Crippen LogP contribution in [-0.2, 0) is 0 Å². The Morgan fingerprint density at radius 1 is 0.300 bits per heavy atom. The molecule has 3 heterocycles. The molecule has 0 aliphatic heterocycles. The van der Waals surface area contributed by atoms with Gasteiger partial charge in [0.2, 0.25) is 0 Å². The third-order valence-corrected chi connectivity index (χ3v) is 11.9. The second-order valence-electron chi connectivity index (χ2n) is 15.4. The highest BCUT2D eigenvalue weighted by Crippen LogP contribution is 2.42. The SMILES string of the molecule is c1ccc(-c2cccc(-c3cc(-c4ccc5ccc(-n6c7ccccc7c7c6ccc6c8ccccc8n(-c8ccccc8)c67)cc5c4)nc(-c4ccccc4)n3)c2)cc1. The molecular formula is C56H36N4. The highest BCUT2D eigenvalue weighted by atomic mass is 15.0. The fraction of sp³-hybridized carbons (Fsp3) is 0. The van der Waals surface area contributed by atoms with Crippen LogP contribution in [0.15, 0.2) is 218 Å². The lowest BCUT2D eigenvalue weighted by Crippen LogP contribution is -1.97. The number of benzene rings is 9. The third-order valence-electron chi connectivity index (χ3n) is 11.9. The molecule has 0 bridgehead atoms. The van der Waals surface area contributed by atoms with Crippen LogP contribution in [0.25, 0.3) is 111 Å². The maximum atomic E-state index is 5.20. The Kier molecular flexibility index (Phi) is 7.82. The number of hydrogen-bond donors (Lipinski definition) is 0. The maximum absolute atomic E-state index is 5.20. The van der Waals surface area contributed by atoms with E-state index in [-0.39, 0.29) is 0 Å². The van der Waals surface area contributed by atoms with Crippen LogP contribution in [0.1, 0.15) is 0 Å². The van der Waals surface area contributed by atoms with E-state index in [0.717, 1.165) is 50.4 Å². The molecule has 0 saturated carbocycles. The van der Waals surface area contributed by atoms with E-state index in [1.54, 1.807) is 0 Å². The van der Waals surface area contributed by atoms with Gasteiger partial charge in [0.05, 0.1) is 33.5 Å². The molecule has 0 N–H and O–H groups in total. The van der Waals surface area contributed by atoms with Gasteiger partial charge in [-0.15, -0.1) is 0 Å². The number of aromatic nitrogens is 4. The summed E-state index contributed by atoms with van der Waals surface area (Å²) in [4.78, 5) is 10.3. The first-order valence-electron chi connectivity index (χ1n) is 20.4. The summed E-state index contributed by atoms with van der Waals surface area (Å²) in [5, 5.41) is 7.28. The van der Waals surface area contributed by atoms with E-state index in [2.05, 4.69) is 209 Å². The predicted octanol–water partition coefficient (Wildman–Crippen LogP) is 14.5. The quantitative estimate of drug-likeness (QED) is 0.169. The van der Waals surface area contributed by atoms with Crippen molar-refractivity contribution in [1.29, 1.82) is 0 Å². The van der Waals surface area contributed by atoms with E-state index in [4.69, 9.17) is 9.97 Å². The minimum absolute atomic E-state index is 0.701. The van der Waals surface area contributed by atoms with E-state index >= 15 is 0 Å². The summed E-state index contributed by atoms with van der Waals surface area (Å²) >= 11 is 0. The monoisotopic (exact) mass is 764 g/mol. The number of para-hydroxylation sites is 3. The van der Waals surface area contributed by atoms with Crippen molar-refractivity contribution < 1.29 is 0 Å². The second kappa shape index (κ2) is 13.8. The van der Waals surface area contributed by atoms with Crippen LogP contribution in [0.4, 0.5) is 0 Å². The molecule has 0 aliphatic rings. The molecule has 0 fully saturated rings. The highest BCUT2D eigenvalue weighted by Gasteiger charge is 2.21. The molecule has 0 aliphatic carbocycles. The molecular weight excluding hydrogens is 729 g/mol. The Balaban J connectivity index is 1.04. The Morgan fingerprint density at radius 3 is 1.67 bits per heavy atom. The molecule has 0 radical (unpaired) electrons. The Morgan fingerprint density at radius 2 is 0.900 bits per heavy atom. The molecule has 12 rings (SSSR count). The van der Waals surface area contributed by atoms with Gasteiger partial charge in [-0.2, -0.15) is 0 Å². The zero-order valence-corrected chi connectivity index (χ0v) is 32.6. The predicted molar refractivity (Wildman–Crippen MR) is 250 cm³/mol. The van der Waals surface area contributed by atoms with Gasteiger partial charge in [0.15, 0.2) is 5.82 Å². The fourth-order valence-corrected chi connectivity index (χ4v) is 9.11. The summed E-state index contributed by atoms with van der Waals surface area (Å²) in [6.07, 6.45) is 0. The van der Waals surface area contributed by atoms with Crippen molar-refractivity contribution in [2.45, 2.75) is 0 Å². The summed E-state index contributed by atoms with van der Waals surface area (Å²) in [5.74, 6) is 0.701. The number of rotatable bonds is 6. The minimum atomic E-state index is 0.701. The zero-order valence-electron chi connectivity index (χ0n) is 32.6. The van der Waals surface area contributed by atoms with Crippen LogP contribution in [0.5, 0.6) is 0 Å². The molecule has 0 amide bonds. The second-order valence-corrected chi connectivity index (χ2v) is 15.4. The first-order chi connectivity index (χ1) is 29.7. The van der Waals surface area contributed by atoms with Gasteiger partial charge >= 0.3 is 0 Å². The average molecular weight is 765 g/mol. The molecule has 0 unspecified atom stereocenters. The lowest BCUT2D eigenvalue weighted by atomic mass is 10.00. The van der Waals surface area contributed by atoms with Crippen LogP contribution in [0, 0.1) is 0 Å². The summed E-state index contributed by atoms with van der Waals surface area (Å²) in [6, 6.07) is 77.9. The van der Waals surface area contributed by atoms with Crippen molar-refractivity contribution in [1.82, 2.24) is 19.1 Å². The summed E-state index contributed by atoms with van der Waals surface area (Å²) < 4.78 is 4.87. The average Bonchev–Trinajstić information content (AvgIpc) is 3.85. The number of fused-ring (bicyclic) bond motifs is 8. The van der Waals surface area contributed by atoms with E-state index < -0.39 is 0 Å². The molecule has 0 saturated heterocycles. The molecule has 60 heavy (non-hydrogen) atoms. The van der Waals surface area contributed by atoms with Crippen LogP contribution < -0.4 is 0 Å². The van der Waals surface area contributed by atoms with Gasteiger partial charge < -0.3 is 9.13 Å². The molecule has 0 atom stereocenters. The van der Waals surface area contributed by atoms with Gasteiger partial charge in [-0.3, -0.25) is 0 Å². The largest absolute Gasteiger partial charge is 0.309 e. The molecule has 280 valence electrons. The number of nitrogens with zero attached hydrogens (tertiary/aromatic N) is 4. The van der Waals surface area contributed by atoms with Crippen molar-refractivity contribution in [3.8, 4) is 56.4 Å². The lowest BCUT2D eigenvalue weighted by molar-refractivity contribution is 1.18. The van der Waals surface area contributed by atoms with Crippen molar-refractivity contribution in [3.63, 3.8) is 0 Å². The van der Waals surface area contributed by atoms with Crippen LogP contribution in [0.3, 0.4) is 0 Å². The van der Waals surface area contributed by atoms with Crippen molar-refractivity contribution in [2.75, 3.05) is 0 Å². The smallest absolute Gasteiger partial charge is 0.160 e. The lowest BCUT2D eigenvalue weighted by Gasteiger charge is -2.12. The van der Waals surface area contributed by atoms with E-state index in [1.807, 2.05) is 18.2 Å². The minimum Gasteiger partial charge on any atom is -0.309 e. The Hall–Kier alpha value is -8.08. The zero-order chi connectivity index (χ0) is 39.6. The fourth-order valence-electron chi connectivity index (χ4n) is 9.11. The van der Waals surface area contributed by atoms with Crippen molar-refractivity contribution in [3.05, 3.63) is 218 Å². The molecule has 12 aromatic rings. The van der Waals surface area contributed by atoms with E-state index in [9.17, 15) is 0 Å². The molecule has 9 aromatic carbocycles. The maximum Gasteiger partial charge on any atom is 0.160 e. The summed E-state index contributed by atoms with van der Waals surface area (Å²) in [5.41, 5.74) is 14.2. The summed E-state index contributed by atoms with van der Waals surface area (Å²) in [6.45, 7) is 0. The van der Waals surface area contributed by atoms with Gasteiger partial charge in [-0.05, 0) is 82.6 Å². The van der Waals surface area contributed by atoms with Gasteiger partial charge in [0, 0.05) is 49.6 Å². The van der Waals surface area contributed by atoms with Gasteiger partial charge in [0.25, 0.3) is 0 Å². The molecule has 3 aromatic heterocycles. The summed E-state index contributed by atoms with van der Waals surface area (Å²) in [7, 11) is 0. The van der Waals surface area contributed by atoms with E-state index in [1.165, 1.54) is 54.6 Å². The Bertz CT molecular complexity index is 3580. The molecule has 4 heteroatoms. The number of hydrogen-bond acceptors (Lipinski definition) is 2. The third kappa shape index (κ3) is 5.53. The van der Waals surface area contributed by atoms with Gasteiger partial charge in [-0.25, -0.2) is 9.97 Å². The first kappa shape index (κ1) is 34.0. The van der Waals surface area contributed by atoms with Gasteiger partial charge in [-0.1, -0.05) is 158 Å². The topological polar surface area (TPSA) is 35.6 Å². The van der Waals surface area contributed by atoms with Gasteiger partial charge in [0.1, 0.15) is 0 Å². The highest BCUT2D eigenvalue weighted by molar-refractivity contribution is 6.26. The Labute approximate surface area is 346 Å². The van der Waals surface area contributed by atoms with E-state index in [0.29, 0.717) is 5.82 Å². The van der Waals surface area contributed by atoms with Crippen LogP contribution >= 0.6 is 0 Å². The van der Waals surface area contributed by atoms with Crippen molar-refractivity contribution in [2.24, 2.45) is 0 Å². The normalized spacial score (nSPS) is 11.7.